The quantitative estimate of drug-likeness (QED) is 0.635. The molecule has 0 spiro atoms. The molecule has 1 aromatic heterocycles. The zero-order valence-electron chi connectivity index (χ0n) is 15.9. The van der Waals surface area contributed by atoms with Crippen LogP contribution in [0.3, 0.4) is 0 Å². The highest BCUT2D eigenvalue weighted by Crippen LogP contribution is 2.30. The molecule has 0 saturated carbocycles. The third-order valence-electron chi connectivity index (χ3n) is 4.87. The summed E-state index contributed by atoms with van der Waals surface area (Å²) in [5.41, 5.74) is 0.268. The number of sulfonamides is 1. The number of piperazine rings is 1. The number of halogens is 2. The van der Waals surface area contributed by atoms with E-state index in [0.717, 1.165) is 17.4 Å². The van der Waals surface area contributed by atoms with E-state index in [4.69, 9.17) is 11.6 Å². The molecule has 1 saturated heterocycles. The van der Waals surface area contributed by atoms with Crippen LogP contribution in [0.2, 0.25) is 5.02 Å². The van der Waals surface area contributed by atoms with Crippen molar-refractivity contribution in [1.29, 1.82) is 0 Å². The summed E-state index contributed by atoms with van der Waals surface area (Å²) < 4.78 is 41.9. The zero-order chi connectivity index (χ0) is 21.5. The lowest BCUT2D eigenvalue weighted by molar-refractivity contribution is 0.102. The van der Waals surface area contributed by atoms with E-state index in [1.54, 1.807) is 12.1 Å². The molecule has 1 N–H and O–H groups in total. The Morgan fingerprint density at radius 1 is 1.20 bits per heavy atom. The number of anilines is 1. The first kappa shape index (κ1) is 21.1. The van der Waals surface area contributed by atoms with Crippen LogP contribution in [0.25, 0.3) is 10.2 Å². The van der Waals surface area contributed by atoms with Gasteiger partial charge in [-0.05, 0) is 37.4 Å². The molecule has 3 aromatic rings. The average molecular weight is 469 g/mol. The Morgan fingerprint density at radius 2 is 1.93 bits per heavy atom. The minimum absolute atomic E-state index is 0.00540. The molecule has 0 bridgehead atoms. The smallest absolute Gasteiger partial charge is 0.261 e. The van der Waals surface area contributed by atoms with Gasteiger partial charge in [-0.1, -0.05) is 29.0 Å². The molecule has 0 aliphatic carbocycles. The van der Waals surface area contributed by atoms with Gasteiger partial charge in [-0.25, -0.2) is 17.8 Å². The minimum Gasteiger partial charge on any atom is -0.304 e. The van der Waals surface area contributed by atoms with Gasteiger partial charge in [-0.3, -0.25) is 10.1 Å². The number of fused-ring (bicyclic) bond motifs is 1. The van der Waals surface area contributed by atoms with Crippen LogP contribution in [0.5, 0.6) is 0 Å². The van der Waals surface area contributed by atoms with Crippen molar-refractivity contribution in [3.63, 3.8) is 0 Å². The average Bonchev–Trinajstić information content (AvgIpc) is 3.09. The van der Waals surface area contributed by atoms with E-state index in [1.165, 1.54) is 22.5 Å². The molecule has 2 aromatic carbocycles. The van der Waals surface area contributed by atoms with Gasteiger partial charge in [0.1, 0.15) is 5.82 Å². The third-order valence-corrected chi connectivity index (χ3v) is 8.01. The Kier molecular flexibility index (Phi) is 5.78. The van der Waals surface area contributed by atoms with Crippen molar-refractivity contribution in [3.8, 4) is 0 Å². The summed E-state index contributed by atoms with van der Waals surface area (Å²) in [6.45, 7) is 2.22. The predicted molar refractivity (Wildman–Crippen MR) is 115 cm³/mol. The van der Waals surface area contributed by atoms with E-state index >= 15 is 0 Å². The largest absolute Gasteiger partial charge is 0.304 e. The van der Waals surface area contributed by atoms with Crippen LogP contribution >= 0.6 is 22.9 Å². The molecule has 0 atom stereocenters. The molecule has 0 radical (unpaired) electrons. The van der Waals surface area contributed by atoms with Crippen LogP contribution in [-0.4, -0.2) is 61.7 Å². The standard InChI is InChI=1S/C19H18ClFN4O3S2/c1-24-7-9-25(10-8-24)30(27,28)12-5-6-15-16(11-12)29-19(22-15)23-18(26)17-13(20)3-2-4-14(17)21/h2-6,11H,7-10H2,1H3,(H,22,23,26). The Labute approximate surface area is 182 Å². The Hall–Kier alpha value is -2.11. The summed E-state index contributed by atoms with van der Waals surface area (Å²) in [5, 5.41) is 2.75. The summed E-state index contributed by atoms with van der Waals surface area (Å²) in [7, 11) is -1.66. The van der Waals surface area contributed by atoms with Crippen molar-refractivity contribution in [3.05, 3.63) is 52.8 Å². The van der Waals surface area contributed by atoms with E-state index in [1.807, 2.05) is 7.05 Å². The number of nitrogens with zero attached hydrogens (tertiary/aromatic N) is 3. The van der Waals surface area contributed by atoms with Gasteiger partial charge in [0, 0.05) is 26.2 Å². The second-order valence-corrected chi connectivity index (χ2v) is 10.3. The lowest BCUT2D eigenvalue weighted by Crippen LogP contribution is -2.46. The predicted octanol–water partition coefficient (Wildman–Crippen LogP) is 3.28. The zero-order valence-corrected chi connectivity index (χ0v) is 18.3. The summed E-state index contributed by atoms with van der Waals surface area (Å²) in [5.74, 6) is -1.45. The minimum atomic E-state index is -3.61. The van der Waals surface area contributed by atoms with Crippen molar-refractivity contribution in [2.45, 2.75) is 4.90 Å². The summed E-state index contributed by atoms with van der Waals surface area (Å²) in [4.78, 5) is 19.0. The van der Waals surface area contributed by atoms with Crippen molar-refractivity contribution < 1.29 is 17.6 Å². The number of likely N-dealkylation sites (N-methyl/N-ethyl adjacent to an activating group) is 1. The van der Waals surface area contributed by atoms with Crippen molar-refractivity contribution in [2.24, 2.45) is 0 Å². The van der Waals surface area contributed by atoms with E-state index in [2.05, 4.69) is 15.2 Å². The van der Waals surface area contributed by atoms with Crippen LogP contribution in [0.1, 0.15) is 10.4 Å². The summed E-state index contributed by atoms with van der Waals surface area (Å²) in [6, 6.07) is 8.64. The maximum Gasteiger partial charge on any atom is 0.261 e. The lowest BCUT2D eigenvalue weighted by atomic mass is 10.2. The van der Waals surface area contributed by atoms with Crippen LogP contribution in [-0.2, 0) is 10.0 Å². The number of hydrogen-bond donors (Lipinski definition) is 1. The normalized spacial score (nSPS) is 16.1. The van der Waals surface area contributed by atoms with Crippen molar-refractivity contribution in [1.82, 2.24) is 14.2 Å². The van der Waals surface area contributed by atoms with Crippen LogP contribution in [0.15, 0.2) is 41.3 Å². The van der Waals surface area contributed by atoms with E-state index in [0.29, 0.717) is 36.4 Å². The van der Waals surface area contributed by atoms with Gasteiger partial charge in [0.25, 0.3) is 5.91 Å². The van der Waals surface area contributed by atoms with Gasteiger partial charge in [0.2, 0.25) is 10.0 Å². The van der Waals surface area contributed by atoms with E-state index < -0.39 is 21.7 Å². The molecule has 1 fully saturated rings. The first-order valence-electron chi connectivity index (χ1n) is 9.10. The number of rotatable bonds is 4. The van der Waals surface area contributed by atoms with Gasteiger partial charge in [-0.15, -0.1) is 0 Å². The third kappa shape index (κ3) is 4.06. The number of nitrogens with one attached hydrogen (secondary N) is 1. The molecule has 1 amide bonds. The maximum atomic E-state index is 14.0. The molecule has 1 aliphatic heterocycles. The van der Waals surface area contributed by atoms with E-state index in [-0.39, 0.29) is 20.6 Å². The molecular formula is C19H18ClFN4O3S2. The molecular weight excluding hydrogens is 451 g/mol. The highest BCUT2D eigenvalue weighted by molar-refractivity contribution is 7.89. The fourth-order valence-corrected chi connectivity index (χ4v) is 5.84. The SMILES string of the molecule is CN1CCN(S(=O)(=O)c2ccc3nc(NC(=O)c4c(F)cccc4Cl)sc3c2)CC1. The van der Waals surface area contributed by atoms with Gasteiger partial charge in [-0.2, -0.15) is 4.31 Å². The van der Waals surface area contributed by atoms with Crippen LogP contribution < -0.4 is 5.32 Å². The molecule has 158 valence electrons. The fourth-order valence-electron chi connectivity index (χ4n) is 3.17. The van der Waals surface area contributed by atoms with E-state index in [9.17, 15) is 17.6 Å². The molecule has 11 heteroatoms. The molecule has 2 heterocycles. The number of thiazole rings is 1. The molecule has 30 heavy (non-hydrogen) atoms. The van der Waals surface area contributed by atoms with Gasteiger partial charge >= 0.3 is 0 Å². The van der Waals surface area contributed by atoms with Crippen molar-refractivity contribution >= 4 is 54.2 Å². The lowest BCUT2D eigenvalue weighted by Gasteiger charge is -2.31. The van der Waals surface area contributed by atoms with Gasteiger partial charge < -0.3 is 4.90 Å². The van der Waals surface area contributed by atoms with Crippen LogP contribution in [0.4, 0.5) is 9.52 Å². The summed E-state index contributed by atoms with van der Waals surface area (Å²) in [6.07, 6.45) is 0. The second-order valence-electron chi connectivity index (χ2n) is 6.91. The molecule has 0 unspecified atom stereocenters. The van der Waals surface area contributed by atoms with Gasteiger partial charge in [0.15, 0.2) is 5.13 Å². The van der Waals surface area contributed by atoms with Crippen molar-refractivity contribution in [2.75, 3.05) is 38.5 Å². The number of aromatic nitrogens is 1. The highest BCUT2D eigenvalue weighted by Gasteiger charge is 2.28. The monoisotopic (exact) mass is 468 g/mol. The number of carbonyl (C=O) groups excluding carboxylic acids is 1. The Balaban J connectivity index is 1.59. The maximum absolute atomic E-state index is 14.0. The highest BCUT2D eigenvalue weighted by atomic mass is 35.5. The molecule has 7 nitrogen and oxygen atoms in total. The Morgan fingerprint density at radius 3 is 2.63 bits per heavy atom. The second kappa shape index (κ2) is 8.20. The summed E-state index contributed by atoms with van der Waals surface area (Å²) >= 11 is 7.04. The number of carbonyl (C=O) groups is 1. The number of hydrogen-bond acceptors (Lipinski definition) is 6. The first-order chi connectivity index (χ1) is 14.3. The Bertz CT molecular complexity index is 1200. The topological polar surface area (TPSA) is 82.6 Å². The number of benzene rings is 2. The first-order valence-corrected chi connectivity index (χ1v) is 11.7. The fraction of sp³-hybridized carbons (Fsp3) is 0.263. The molecule has 1 aliphatic rings. The molecule has 4 rings (SSSR count). The number of amides is 1. The van der Waals surface area contributed by atoms with Gasteiger partial charge in [0.05, 0.1) is 25.7 Å². The van der Waals surface area contributed by atoms with Crippen LogP contribution in [0, 0.1) is 5.82 Å².